The lowest BCUT2D eigenvalue weighted by molar-refractivity contribution is -0.384. The van der Waals surface area contributed by atoms with Gasteiger partial charge in [-0.2, -0.15) is 0 Å². The molecule has 0 unspecified atom stereocenters. The van der Waals surface area contributed by atoms with Gasteiger partial charge in [-0.05, 0) is 28.9 Å². The van der Waals surface area contributed by atoms with Crippen LogP contribution in [0.4, 0.5) is 11.4 Å². The highest BCUT2D eigenvalue weighted by Gasteiger charge is 2.17. The summed E-state index contributed by atoms with van der Waals surface area (Å²) in [6.45, 7) is 1.89. The number of nitrogen functional groups attached to an aromatic ring is 1. The molecular formula is C13H13BrN4O3. The van der Waals surface area contributed by atoms with Crippen molar-refractivity contribution in [1.29, 1.82) is 0 Å². The van der Waals surface area contributed by atoms with Crippen molar-refractivity contribution < 1.29 is 4.92 Å². The number of para-hydroxylation sites is 1. The van der Waals surface area contributed by atoms with Gasteiger partial charge in [-0.25, -0.2) is 0 Å². The second-order valence-electron chi connectivity index (χ2n) is 4.49. The standard InChI is InChI=1S/C13H13BrN4O3/c1-8-5-10(14)7-17(13(8)19)6-9-3-2-4-11(18(20)21)12(9)16-15/h2-5,7,16H,6,15H2,1H3. The van der Waals surface area contributed by atoms with Crippen LogP contribution in [-0.2, 0) is 6.54 Å². The molecule has 1 heterocycles. The predicted octanol–water partition coefficient (Wildman–Crippen LogP) is 2.16. The summed E-state index contributed by atoms with van der Waals surface area (Å²) >= 11 is 3.33. The first-order chi connectivity index (χ1) is 9.93. The fourth-order valence-electron chi connectivity index (χ4n) is 2.08. The van der Waals surface area contributed by atoms with E-state index in [0.717, 1.165) is 4.47 Å². The van der Waals surface area contributed by atoms with Gasteiger partial charge in [-0.15, -0.1) is 0 Å². The van der Waals surface area contributed by atoms with E-state index in [4.69, 9.17) is 5.84 Å². The monoisotopic (exact) mass is 352 g/mol. The Kier molecular flexibility index (Phi) is 4.39. The number of nitro benzene ring substituents is 1. The third-order valence-corrected chi connectivity index (χ3v) is 3.48. The van der Waals surface area contributed by atoms with E-state index < -0.39 is 4.92 Å². The summed E-state index contributed by atoms with van der Waals surface area (Å²) in [6, 6.07) is 6.32. The molecule has 3 N–H and O–H groups in total. The molecule has 0 saturated carbocycles. The third-order valence-electron chi connectivity index (χ3n) is 3.04. The summed E-state index contributed by atoms with van der Waals surface area (Å²) in [6.07, 6.45) is 1.63. The number of nitro groups is 1. The Hall–Kier alpha value is -2.19. The zero-order valence-electron chi connectivity index (χ0n) is 11.2. The third kappa shape index (κ3) is 3.11. The molecule has 1 aromatic carbocycles. The molecule has 110 valence electrons. The average Bonchev–Trinajstić information content (AvgIpc) is 2.43. The highest BCUT2D eigenvalue weighted by molar-refractivity contribution is 9.10. The number of hydrogen-bond donors (Lipinski definition) is 2. The first-order valence-corrected chi connectivity index (χ1v) is 6.83. The lowest BCUT2D eigenvalue weighted by Gasteiger charge is -2.12. The minimum atomic E-state index is -0.520. The Morgan fingerprint density at radius 1 is 1.48 bits per heavy atom. The maximum Gasteiger partial charge on any atom is 0.293 e. The molecule has 0 saturated heterocycles. The lowest BCUT2D eigenvalue weighted by Crippen LogP contribution is -2.23. The first-order valence-electron chi connectivity index (χ1n) is 6.03. The van der Waals surface area contributed by atoms with Gasteiger partial charge in [0.1, 0.15) is 5.69 Å². The molecule has 1 aromatic heterocycles. The van der Waals surface area contributed by atoms with Gasteiger partial charge < -0.3 is 9.99 Å². The van der Waals surface area contributed by atoms with Gasteiger partial charge in [0.05, 0.1) is 11.5 Å². The molecule has 7 nitrogen and oxygen atoms in total. The minimum absolute atomic E-state index is 0.130. The average molecular weight is 353 g/mol. The lowest BCUT2D eigenvalue weighted by atomic mass is 10.1. The van der Waals surface area contributed by atoms with Crippen LogP contribution in [0, 0.1) is 17.0 Å². The molecule has 0 aliphatic rings. The summed E-state index contributed by atoms with van der Waals surface area (Å²) < 4.78 is 2.23. The van der Waals surface area contributed by atoms with Crippen LogP contribution in [0.3, 0.4) is 0 Å². The quantitative estimate of drug-likeness (QED) is 0.498. The van der Waals surface area contributed by atoms with Gasteiger partial charge in [-0.1, -0.05) is 12.1 Å². The van der Waals surface area contributed by atoms with Crippen molar-refractivity contribution in [3.05, 3.63) is 66.5 Å². The van der Waals surface area contributed by atoms with Gasteiger partial charge in [-0.3, -0.25) is 20.8 Å². The van der Waals surface area contributed by atoms with Crippen molar-refractivity contribution in [2.45, 2.75) is 13.5 Å². The SMILES string of the molecule is Cc1cc(Br)cn(Cc2cccc([N+](=O)[O-])c2NN)c1=O. The van der Waals surface area contributed by atoms with E-state index in [1.54, 1.807) is 31.3 Å². The van der Waals surface area contributed by atoms with Crippen molar-refractivity contribution in [1.82, 2.24) is 4.57 Å². The number of aromatic nitrogens is 1. The normalized spacial score (nSPS) is 10.4. The molecule has 0 aliphatic heterocycles. The molecule has 2 rings (SSSR count). The van der Waals surface area contributed by atoms with Gasteiger partial charge >= 0.3 is 0 Å². The van der Waals surface area contributed by atoms with Crippen LogP contribution in [0.1, 0.15) is 11.1 Å². The van der Waals surface area contributed by atoms with Crippen molar-refractivity contribution in [3.8, 4) is 0 Å². The number of anilines is 1. The largest absolute Gasteiger partial charge is 0.318 e. The number of benzene rings is 1. The van der Waals surface area contributed by atoms with Crippen molar-refractivity contribution in [2.24, 2.45) is 5.84 Å². The van der Waals surface area contributed by atoms with Crippen LogP contribution in [0.5, 0.6) is 0 Å². The van der Waals surface area contributed by atoms with E-state index in [1.807, 2.05) is 0 Å². The fraction of sp³-hybridized carbons (Fsp3) is 0.154. The number of hydrazine groups is 1. The molecular weight excluding hydrogens is 340 g/mol. The maximum atomic E-state index is 12.1. The molecule has 8 heteroatoms. The summed E-state index contributed by atoms with van der Waals surface area (Å²) in [5.74, 6) is 5.39. The van der Waals surface area contributed by atoms with Gasteiger partial charge in [0.2, 0.25) is 0 Å². The number of nitrogens with two attached hydrogens (primary N) is 1. The Morgan fingerprint density at radius 2 is 2.19 bits per heavy atom. The Balaban J connectivity index is 2.52. The number of aryl methyl sites for hydroxylation is 1. The van der Waals surface area contributed by atoms with Crippen LogP contribution in [0.2, 0.25) is 0 Å². The highest BCUT2D eigenvalue weighted by atomic mass is 79.9. The smallest absolute Gasteiger partial charge is 0.293 e. The zero-order chi connectivity index (χ0) is 15.6. The Bertz CT molecular complexity index is 758. The summed E-state index contributed by atoms with van der Waals surface area (Å²) in [5.41, 5.74) is 3.40. The molecule has 0 radical (unpaired) electrons. The van der Waals surface area contributed by atoms with Crippen LogP contribution < -0.4 is 16.8 Å². The number of halogens is 1. The molecule has 0 atom stereocenters. The topological polar surface area (TPSA) is 103 Å². The highest BCUT2D eigenvalue weighted by Crippen LogP contribution is 2.27. The molecule has 0 fully saturated rings. The number of hydrogen-bond acceptors (Lipinski definition) is 5. The molecule has 0 amide bonds. The second kappa shape index (κ2) is 6.06. The van der Waals surface area contributed by atoms with E-state index in [1.165, 1.54) is 10.6 Å². The maximum absolute atomic E-state index is 12.1. The van der Waals surface area contributed by atoms with Gasteiger partial charge in [0, 0.05) is 27.9 Å². The first kappa shape index (κ1) is 15.2. The van der Waals surface area contributed by atoms with E-state index >= 15 is 0 Å². The molecule has 2 aromatic rings. The molecule has 21 heavy (non-hydrogen) atoms. The van der Waals surface area contributed by atoms with Crippen molar-refractivity contribution >= 4 is 27.3 Å². The van der Waals surface area contributed by atoms with Crippen LogP contribution in [0.15, 0.2) is 39.7 Å². The minimum Gasteiger partial charge on any atom is -0.318 e. The van der Waals surface area contributed by atoms with Crippen LogP contribution in [0.25, 0.3) is 0 Å². The zero-order valence-corrected chi connectivity index (χ0v) is 12.8. The summed E-state index contributed by atoms with van der Waals surface area (Å²) in [7, 11) is 0. The number of pyridine rings is 1. The number of nitrogens with zero attached hydrogens (tertiary/aromatic N) is 2. The number of nitrogens with one attached hydrogen (secondary N) is 1. The van der Waals surface area contributed by atoms with E-state index in [2.05, 4.69) is 21.4 Å². The van der Waals surface area contributed by atoms with E-state index in [0.29, 0.717) is 11.1 Å². The van der Waals surface area contributed by atoms with E-state index in [9.17, 15) is 14.9 Å². The van der Waals surface area contributed by atoms with Crippen LogP contribution >= 0.6 is 15.9 Å². The Labute approximate surface area is 128 Å². The number of rotatable bonds is 4. The molecule has 0 aliphatic carbocycles. The van der Waals surface area contributed by atoms with E-state index in [-0.39, 0.29) is 23.5 Å². The molecule has 0 spiro atoms. The van der Waals surface area contributed by atoms with Crippen molar-refractivity contribution in [2.75, 3.05) is 5.43 Å². The van der Waals surface area contributed by atoms with Gasteiger partial charge in [0.25, 0.3) is 11.2 Å². The molecule has 0 bridgehead atoms. The Morgan fingerprint density at radius 3 is 2.81 bits per heavy atom. The summed E-state index contributed by atoms with van der Waals surface area (Å²) in [4.78, 5) is 22.6. The van der Waals surface area contributed by atoms with Crippen LogP contribution in [-0.4, -0.2) is 9.49 Å². The second-order valence-corrected chi connectivity index (χ2v) is 5.40. The van der Waals surface area contributed by atoms with Gasteiger partial charge in [0.15, 0.2) is 0 Å². The predicted molar refractivity (Wildman–Crippen MR) is 83.1 cm³/mol. The summed E-state index contributed by atoms with van der Waals surface area (Å²) in [5, 5.41) is 11.0. The van der Waals surface area contributed by atoms with Crippen molar-refractivity contribution in [3.63, 3.8) is 0 Å². The fourth-order valence-corrected chi connectivity index (χ4v) is 2.67.